The summed E-state index contributed by atoms with van der Waals surface area (Å²) in [5.41, 5.74) is 6.90. The van der Waals surface area contributed by atoms with Gasteiger partial charge in [-0.05, 0) is 114 Å². The lowest BCUT2D eigenvalue weighted by molar-refractivity contribution is -0.138. The number of ether oxygens (including phenoxy) is 2. The average molecular weight is 522 g/mol. The van der Waals surface area contributed by atoms with Gasteiger partial charge >= 0.3 is 5.97 Å². The van der Waals surface area contributed by atoms with E-state index in [4.69, 9.17) is 14.5 Å². The number of allylic oxidation sites excluding steroid dienone is 3. The van der Waals surface area contributed by atoms with E-state index >= 15 is 0 Å². The van der Waals surface area contributed by atoms with Crippen LogP contribution in [0, 0.1) is 23.2 Å². The molecule has 1 N–H and O–H groups in total. The molecule has 5 aliphatic rings. The zero-order valence-electron chi connectivity index (χ0n) is 24.3. The van der Waals surface area contributed by atoms with Crippen molar-refractivity contribution < 1.29 is 19.4 Å². The molecule has 5 rings (SSSR count). The maximum absolute atomic E-state index is 12.2. The first-order chi connectivity index (χ1) is 18.1. The van der Waals surface area contributed by atoms with Crippen molar-refractivity contribution in [2.24, 2.45) is 28.2 Å². The van der Waals surface area contributed by atoms with Gasteiger partial charge in [0.1, 0.15) is 6.10 Å². The summed E-state index contributed by atoms with van der Waals surface area (Å²) in [5.74, 6) is 0.715. The molecular formula is C33H47NO4. The first-order valence-electron chi connectivity index (χ1n) is 14.9. The molecule has 5 heteroatoms. The van der Waals surface area contributed by atoms with Gasteiger partial charge in [-0.25, -0.2) is 4.79 Å². The number of nitrogens with zero attached hydrogens (tertiary/aromatic N) is 1. The SMILES string of the molecule is CC1=CC(C2=C(C)C3/C=C(\C)C(O)CC(C)C4CC(C)C(O4)C(C)=CCCC4=NCCCC43CC2)OC1=O. The molecule has 208 valence electrons. The van der Waals surface area contributed by atoms with E-state index in [0.717, 1.165) is 57.1 Å². The Labute approximate surface area is 229 Å². The molecule has 1 fully saturated rings. The van der Waals surface area contributed by atoms with Gasteiger partial charge in [-0.2, -0.15) is 0 Å². The number of rotatable bonds is 1. The van der Waals surface area contributed by atoms with Gasteiger partial charge in [-0.1, -0.05) is 31.6 Å². The van der Waals surface area contributed by atoms with E-state index in [9.17, 15) is 9.90 Å². The Balaban J connectivity index is 1.57. The quantitative estimate of drug-likeness (QED) is 0.309. The number of aliphatic hydroxyl groups is 1. The minimum atomic E-state index is -0.504. The lowest BCUT2D eigenvalue weighted by Crippen LogP contribution is -2.44. The standard InChI is InChI=1S/C33H47NO4/c1-19-9-7-10-30-33(12-8-14-34-30)13-11-25(29-18-23(5)32(36)38-29)24(6)26(33)15-20(2)27(35)16-21(3)28-17-22(4)31(19)37-28/h9,15,18,21-22,26-29,31,35H,7-8,10-14,16-17H2,1-6H3/b19-9?,20-15+. The first-order valence-corrected chi connectivity index (χ1v) is 14.9. The number of hydrogen-bond donors (Lipinski definition) is 1. The fraction of sp³-hybridized carbons (Fsp3) is 0.697. The molecule has 8 atom stereocenters. The van der Waals surface area contributed by atoms with E-state index in [1.807, 2.05) is 13.0 Å². The monoisotopic (exact) mass is 521 g/mol. The second-order valence-electron chi connectivity index (χ2n) is 12.9. The van der Waals surface area contributed by atoms with Gasteiger partial charge in [0.05, 0.1) is 18.3 Å². The van der Waals surface area contributed by atoms with Crippen molar-refractivity contribution >= 4 is 11.7 Å². The van der Waals surface area contributed by atoms with Crippen molar-refractivity contribution in [3.63, 3.8) is 0 Å². The third-order valence-corrected chi connectivity index (χ3v) is 10.3. The Morgan fingerprint density at radius 3 is 2.53 bits per heavy atom. The van der Waals surface area contributed by atoms with Gasteiger partial charge in [0.15, 0.2) is 0 Å². The number of carbonyl (C=O) groups is 1. The van der Waals surface area contributed by atoms with E-state index in [1.165, 1.54) is 22.4 Å². The third-order valence-electron chi connectivity index (χ3n) is 10.3. The molecule has 0 saturated carbocycles. The highest BCUT2D eigenvalue weighted by Gasteiger charge is 2.48. The van der Waals surface area contributed by atoms with Crippen LogP contribution in [0.2, 0.25) is 0 Å². The Kier molecular flexibility index (Phi) is 7.90. The summed E-state index contributed by atoms with van der Waals surface area (Å²) < 4.78 is 12.4. The third kappa shape index (κ3) is 5.01. The smallest absolute Gasteiger partial charge is 0.334 e. The van der Waals surface area contributed by atoms with Crippen molar-refractivity contribution in [1.29, 1.82) is 0 Å². The number of cyclic esters (lactones) is 1. The summed E-state index contributed by atoms with van der Waals surface area (Å²) in [5, 5.41) is 11.4. The Hall–Kier alpha value is -1.98. The molecule has 0 radical (unpaired) electrons. The molecule has 38 heavy (non-hydrogen) atoms. The fourth-order valence-corrected chi connectivity index (χ4v) is 7.93. The van der Waals surface area contributed by atoms with Crippen LogP contribution in [-0.2, 0) is 14.3 Å². The van der Waals surface area contributed by atoms with Gasteiger partial charge in [0.25, 0.3) is 0 Å². The number of hydrogen-bond acceptors (Lipinski definition) is 5. The fourth-order valence-electron chi connectivity index (χ4n) is 7.93. The van der Waals surface area contributed by atoms with E-state index in [1.54, 1.807) is 0 Å². The number of aliphatic imine (C=N–C) groups is 1. The second kappa shape index (κ2) is 10.9. The van der Waals surface area contributed by atoms with E-state index in [0.29, 0.717) is 17.9 Å². The summed E-state index contributed by atoms with van der Waals surface area (Å²) in [4.78, 5) is 17.4. The van der Waals surface area contributed by atoms with E-state index in [2.05, 4.69) is 46.8 Å². The van der Waals surface area contributed by atoms with Crippen molar-refractivity contribution in [3.8, 4) is 0 Å². The number of aliphatic hydroxyl groups excluding tert-OH is 1. The van der Waals surface area contributed by atoms with Gasteiger partial charge in [-0.15, -0.1) is 0 Å². The van der Waals surface area contributed by atoms with Crippen LogP contribution in [0.25, 0.3) is 0 Å². The van der Waals surface area contributed by atoms with Gasteiger partial charge in [-0.3, -0.25) is 4.99 Å². The van der Waals surface area contributed by atoms with Crippen LogP contribution in [0.5, 0.6) is 0 Å². The Bertz CT molecular complexity index is 1110. The van der Waals surface area contributed by atoms with Crippen LogP contribution >= 0.6 is 0 Å². The van der Waals surface area contributed by atoms with Gasteiger partial charge in [0.2, 0.25) is 0 Å². The van der Waals surface area contributed by atoms with Crippen LogP contribution in [0.15, 0.2) is 51.1 Å². The molecule has 2 bridgehead atoms. The topological polar surface area (TPSA) is 68.1 Å². The van der Waals surface area contributed by atoms with Crippen LogP contribution in [0.3, 0.4) is 0 Å². The zero-order chi connectivity index (χ0) is 27.2. The predicted octanol–water partition coefficient (Wildman–Crippen LogP) is 6.67. The van der Waals surface area contributed by atoms with Crippen molar-refractivity contribution in [3.05, 3.63) is 46.1 Å². The van der Waals surface area contributed by atoms with Crippen LogP contribution < -0.4 is 0 Å². The van der Waals surface area contributed by atoms with E-state index in [-0.39, 0.29) is 41.5 Å². The molecule has 1 spiro atoms. The normalized spacial score (nSPS) is 42.0. The van der Waals surface area contributed by atoms with Gasteiger partial charge in [0, 0.05) is 29.2 Å². The lowest BCUT2D eigenvalue weighted by atomic mass is 9.57. The number of esters is 1. The highest BCUT2D eigenvalue weighted by Crippen LogP contribution is 2.53. The molecule has 4 aliphatic heterocycles. The maximum atomic E-state index is 12.2. The lowest BCUT2D eigenvalue weighted by Gasteiger charge is -2.48. The molecule has 1 saturated heterocycles. The first kappa shape index (κ1) is 27.6. The van der Waals surface area contributed by atoms with Crippen molar-refractivity contribution in [2.45, 2.75) is 117 Å². The second-order valence-corrected chi connectivity index (χ2v) is 12.9. The summed E-state index contributed by atoms with van der Waals surface area (Å²) in [6.45, 7) is 13.8. The Morgan fingerprint density at radius 2 is 1.79 bits per heavy atom. The summed E-state index contributed by atoms with van der Waals surface area (Å²) >= 11 is 0. The highest BCUT2D eigenvalue weighted by molar-refractivity contribution is 5.93. The summed E-state index contributed by atoms with van der Waals surface area (Å²) in [6.07, 6.45) is 14.1. The molecule has 0 aromatic rings. The van der Waals surface area contributed by atoms with Crippen LogP contribution in [-0.4, -0.2) is 47.7 Å². The molecule has 0 amide bonds. The molecular weight excluding hydrogens is 474 g/mol. The average Bonchev–Trinajstić information content (AvgIpc) is 3.43. The molecule has 4 heterocycles. The maximum Gasteiger partial charge on any atom is 0.334 e. The number of carbonyl (C=O) groups excluding carboxylic acids is 1. The zero-order valence-corrected chi connectivity index (χ0v) is 24.3. The summed E-state index contributed by atoms with van der Waals surface area (Å²) in [6, 6.07) is 0. The van der Waals surface area contributed by atoms with Crippen molar-refractivity contribution in [2.75, 3.05) is 6.54 Å². The van der Waals surface area contributed by atoms with E-state index < -0.39 is 6.10 Å². The van der Waals surface area contributed by atoms with Crippen molar-refractivity contribution in [1.82, 2.24) is 0 Å². The minimum absolute atomic E-state index is 0.0372. The molecule has 5 nitrogen and oxygen atoms in total. The Morgan fingerprint density at radius 1 is 1.00 bits per heavy atom. The highest BCUT2D eigenvalue weighted by atomic mass is 16.5. The molecule has 0 aromatic heterocycles. The largest absolute Gasteiger partial charge is 0.450 e. The van der Waals surface area contributed by atoms with Crippen LogP contribution in [0.1, 0.15) is 92.9 Å². The summed E-state index contributed by atoms with van der Waals surface area (Å²) in [7, 11) is 0. The molecule has 1 aliphatic carbocycles. The van der Waals surface area contributed by atoms with Crippen LogP contribution in [0.4, 0.5) is 0 Å². The predicted molar refractivity (Wildman–Crippen MR) is 152 cm³/mol. The minimum Gasteiger partial charge on any atom is -0.450 e. The van der Waals surface area contributed by atoms with Gasteiger partial charge < -0.3 is 14.6 Å². The molecule has 0 aromatic carbocycles. The molecule has 8 unspecified atom stereocenters. The number of fused-ring (bicyclic) bond motifs is 2.